The van der Waals surface area contributed by atoms with Crippen molar-refractivity contribution in [1.29, 1.82) is 0 Å². The Morgan fingerprint density at radius 3 is 1.91 bits per heavy atom. The monoisotopic (exact) mass is 398 g/mol. The molecule has 0 aliphatic carbocycles. The first-order chi connectivity index (χ1) is 5.24. The van der Waals surface area contributed by atoms with Gasteiger partial charge in [-0.1, -0.05) is 0 Å². The first kappa shape index (κ1) is 12.8. The number of hydrogen-bond acceptors (Lipinski definition) is 1. The first-order valence-corrected chi connectivity index (χ1v) is 21.9. The summed E-state index contributed by atoms with van der Waals surface area (Å²) in [7, 11) is 7.22. The molecular formula is C7H17ClHgSSi. The van der Waals surface area contributed by atoms with E-state index in [0.29, 0.717) is 0 Å². The van der Waals surface area contributed by atoms with Crippen LogP contribution in [0.5, 0.6) is 0 Å². The fourth-order valence-corrected chi connectivity index (χ4v) is 31.2. The fourth-order valence-electron chi connectivity index (χ4n) is 1.31. The van der Waals surface area contributed by atoms with Gasteiger partial charge in [-0.3, -0.25) is 0 Å². The molecule has 0 spiro atoms. The first-order valence-electron chi connectivity index (χ1n) is 4.38. The molecule has 0 fully saturated rings. The molecule has 0 saturated carbocycles. The van der Waals surface area contributed by atoms with Crippen LogP contribution >= 0.6 is 16.5 Å². The van der Waals surface area contributed by atoms with Crippen molar-refractivity contribution < 1.29 is 21.8 Å². The molecule has 0 heterocycles. The maximum absolute atomic E-state index is 5.89. The van der Waals surface area contributed by atoms with Crippen molar-refractivity contribution in [1.82, 2.24) is 0 Å². The molecule has 0 amide bonds. The van der Waals surface area contributed by atoms with Crippen LogP contribution in [0.1, 0.15) is 20.8 Å². The minimum atomic E-state index is -0.896. The molecule has 0 aliphatic rings. The molecule has 0 N–H and O–H groups in total. The molecule has 0 radical (unpaired) electrons. The van der Waals surface area contributed by atoms with E-state index in [2.05, 4.69) is 29.0 Å². The van der Waals surface area contributed by atoms with Crippen LogP contribution < -0.4 is 0 Å². The minimum absolute atomic E-state index is 0.804. The van der Waals surface area contributed by atoms with Crippen LogP contribution in [-0.4, -0.2) is 13.5 Å². The van der Waals surface area contributed by atoms with E-state index in [0.717, 1.165) is 0 Å². The van der Waals surface area contributed by atoms with Crippen molar-refractivity contribution in [3.05, 3.63) is 0 Å². The molecule has 0 aliphatic heterocycles. The Morgan fingerprint density at radius 1 is 1.18 bits per heavy atom. The summed E-state index contributed by atoms with van der Waals surface area (Å²) in [5.74, 6) is 0. The second-order valence-electron chi connectivity index (χ2n) is 3.02. The van der Waals surface area contributed by atoms with Crippen molar-refractivity contribution in [2.45, 2.75) is 38.9 Å². The van der Waals surface area contributed by atoms with Gasteiger partial charge in [0.05, 0.1) is 0 Å². The van der Waals surface area contributed by atoms with Gasteiger partial charge in [0.1, 0.15) is 0 Å². The maximum atomic E-state index is 5.89. The third-order valence-electron chi connectivity index (χ3n) is 2.74. The number of halogens is 1. The molecule has 0 bridgehead atoms. The Kier molecular flexibility index (Phi) is 8.40. The molecular weight excluding hydrogens is 380 g/mol. The summed E-state index contributed by atoms with van der Waals surface area (Å²) in [5.41, 5.74) is 0. The normalized spacial score (nSPS) is 11.3. The standard InChI is InChI=1S/C7H18SSi.ClH.Hg/c1-4-9(5-2,6-3)7-8;;/h8H,4-7H2,1-3H3;1H;/q;;+2/p-2. The van der Waals surface area contributed by atoms with Crippen LogP contribution in [0, 0.1) is 0 Å². The second-order valence-corrected chi connectivity index (χ2v) is 23.0. The SMILES string of the molecule is CC[Si](CC)(CC)C[S][Hg][Cl]. The van der Waals surface area contributed by atoms with Crippen LogP contribution in [0.4, 0.5) is 0 Å². The molecule has 0 nitrogen and oxygen atoms in total. The zero-order chi connectivity index (χ0) is 8.74. The molecule has 0 saturated heterocycles. The van der Waals surface area contributed by atoms with Crippen LogP contribution in [0.25, 0.3) is 0 Å². The Labute approximate surface area is 89.9 Å². The molecule has 0 atom stereocenters. The van der Waals surface area contributed by atoms with Gasteiger partial charge < -0.3 is 0 Å². The van der Waals surface area contributed by atoms with Crippen LogP contribution in [-0.2, 0) is 21.8 Å². The zero-order valence-electron chi connectivity index (χ0n) is 7.82. The van der Waals surface area contributed by atoms with E-state index in [9.17, 15) is 0 Å². The summed E-state index contributed by atoms with van der Waals surface area (Å²) in [6.07, 6.45) is 0. The summed E-state index contributed by atoms with van der Waals surface area (Å²) >= 11 is -0.896. The van der Waals surface area contributed by atoms with Crippen molar-refractivity contribution in [2.75, 3.05) is 5.38 Å². The van der Waals surface area contributed by atoms with E-state index in [1.54, 1.807) is 0 Å². The molecule has 0 aromatic rings. The third kappa shape index (κ3) is 4.53. The average Bonchev–Trinajstić information content (AvgIpc) is 2.08. The predicted molar refractivity (Wildman–Crippen MR) is 55.5 cm³/mol. The molecule has 64 valence electrons. The molecule has 0 aromatic heterocycles. The number of rotatable bonds is 6. The van der Waals surface area contributed by atoms with Gasteiger partial charge >= 0.3 is 90.7 Å². The van der Waals surface area contributed by atoms with Crippen LogP contribution in [0.2, 0.25) is 18.1 Å². The fraction of sp³-hybridized carbons (Fsp3) is 1.00. The molecule has 0 aromatic carbocycles. The quantitative estimate of drug-likeness (QED) is 0.613. The van der Waals surface area contributed by atoms with Gasteiger partial charge in [0, 0.05) is 0 Å². The topological polar surface area (TPSA) is 0 Å². The van der Waals surface area contributed by atoms with E-state index in [-0.39, 0.29) is 0 Å². The molecule has 0 rings (SSSR count). The average molecular weight is 397 g/mol. The van der Waals surface area contributed by atoms with E-state index < -0.39 is 29.9 Å². The van der Waals surface area contributed by atoms with Crippen LogP contribution in [0.3, 0.4) is 0 Å². The van der Waals surface area contributed by atoms with Crippen molar-refractivity contribution in [3.63, 3.8) is 0 Å². The Morgan fingerprint density at radius 2 is 1.64 bits per heavy atom. The third-order valence-corrected chi connectivity index (χ3v) is 23.7. The predicted octanol–water partition coefficient (Wildman–Crippen LogP) is 3.92. The summed E-state index contributed by atoms with van der Waals surface area (Å²) in [6, 6.07) is 4.37. The summed E-state index contributed by atoms with van der Waals surface area (Å²) in [5, 5.41) is 1.46. The summed E-state index contributed by atoms with van der Waals surface area (Å²) in [4.78, 5) is 0. The summed E-state index contributed by atoms with van der Waals surface area (Å²) in [6.45, 7) is 7.10. The Hall–Kier alpha value is 1.79. The van der Waals surface area contributed by atoms with E-state index in [1.165, 1.54) is 23.5 Å². The van der Waals surface area contributed by atoms with Gasteiger partial charge in [-0.05, 0) is 0 Å². The van der Waals surface area contributed by atoms with Gasteiger partial charge in [0.2, 0.25) is 0 Å². The van der Waals surface area contributed by atoms with E-state index in [1.807, 2.05) is 0 Å². The Bertz CT molecular complexity index is 90.2. The number of hydrogen-bond donors (Lipinski definition) is 0. The van der Waals surface area contributed by atoms with Gasteiger partial charge in [-0.2, -0.15) is 0 Å². The van der Waals surface area contributed by atoms with Crippen molar-refractivity contribution >= 4 is 24.6 Å². The molecule has 0 unspecified atom stereocenters. The van der Waals surface area contributed by atoms with Gasteiger partial charge in [0.25, 0.3) is 0 Å². The van der Waals surface area contributed by atoms with Crippen LogP contribution in [0.15, 0.2) is 0 Å². The zero-order valence-corrected chi connectivity index (χ0v) is 15.9. The van der Waals surface area contributed by atoms with E-state index >= 15 is 0 Å². The van der Waals surface area contributed by atoms with Gasteiger partial charge in [-0.25, -0.2) is 0 Å². The van der Waals surface area contributed by atoms with E-state index in [4.69, 9.17) is 8.25 Å². The summed E-state index contributed by atoms with van der Waals surface area (Å²) < 4.78 is 0. The Balaban J connectivity index is 3.84. The van der Waals surface area contributed by atoms with Gasteiger partial charge in [-0.15, -0.1) is 0 Å². The van der Waals surface area contributed by atoms with Gasteiger partial charge in [0.15, 0.2) is 0 Å². The molecule has 11 heavy (non-hydrogen) atoms. The second kappa shape index (κ2) is 7.22. The molecule has 4 heteroatoms. The van der Waals surface area contributed by atoms with Crippen molar-refractivity contribution in [3.8, 4) is 0 Å². The van der Waals surface area contributed by atoms with Crippen molar-refractivity contribution in [2.24, 2.45) is 0 Å².